The highest BCUT2D eigenvalue weighted by molar-refractivity contribution is 5.26. The largest absolute Gasteiger partial charge is 0.338 e. The molecule has 0 saturated heterocycles. The Morgan fingerprint density at radius 2 is 1.95 bits per heavy atom. The van der Waals surface area contributed by atoms with Gasteiger partial charge in [-0.05, 0) is 38.2 Å². The van der Waals surface area contributed by atoms with E-state index in [2.05, 4.69) is 46.6 Å². The van der Waals surface area contributed by atoms with E-state index >= 15 is 0 Å². The Kier molecular flexibility index (Phi) is 3.34. The molecule has 1 heterocycles. The highest BCUT2D eigenvalue weighted by atomic mass is 16.5. The molecule has 0 spiro atoms. The molecule has 100 valence electrons. The van der Waals surface area contributed by atoms with E-state index in [0.29, 0.717) is 30.2 Å². The molecule has 0 amide bonds. The second-order valence-corrected chi connectivity index (χ2v) is 5.39. The van der Waals surface area contributed by atoms with Crippen molar-refractivity contribution in [3.8, 4) is 0 Å². The van der Waals surface area contributed by atoms with Gasteiger partial charge in [-0.1, -0.05) is 35.0 Å². The van der Waals surface area contributed by atoms with Crippen LogP contribution in [-0.4, -0.2) is 16.2 Å². The van der Waals surface area contributed by atoms with Crippen LogP contribution in [0.15, 0.2) is 28.8 Å². The monoisotopic (exact) mass is 257 g/mol. The van der Waals surface area contributed by atoms with Crippen molar-refractivity contribution in [2.24, 2.45) is 0 Å². The first-order valence-corrected chi connectivity index (χ1v) is 6.80. The molecule has 1 aliphatic rings. The molecule has 2 aromatic rings. The van der Waals surface area contributed by atoms with Crippen LogP contribution in [0, 0.1) is 13.8 Å². The number of hydrogen-bond acceptors (Lipinski definition) is 4. The van der Waals surface area contributed by atoms with Crippen molar-refractivity contribution < 1.29 is 4.52 Å². The van der Waals surface area contributed by atoms with Gasteiger partial charge in [-0.2, -0.15) is 4.98 Å². The maximum atomic E-state index is 5.08. The molecule has 1 aromatic carbocycles. The Balaban J connectivity index is 1.46. The Morgan fingerprint density at radius 3 is 2.58 bits per heavy atom. The van der Waals surface area contributed by atoms with Gasteiger partial charge in [-0.25, -0.2) is 0 Å². The summed E-state index contributed by atoms with van der Waals surface area (Å²) in [7, 11) is 0. The quantitative estimate of drug-likeness (QED) is 0.915. The summed E-state index contributed by atoms with van der Waals surface area (Å²) in [5.41, 5.74) is 2.78. The Bertz CT molecular complexity index is 541. The zero-order valence-electron chi connectivity index (χ0n) is 11.4. The summed E-state index contributed by atoms with van der Waals surface area (Å²) in [6.45, 7) is 4.64. The SMILES string of the molecule is Cc1ccc(C2CC(NCc3nc(C)no3)C2)cc1. The van der Waals surface area contributed by atoms with Crippen LogP contribution in [-0.2, 0) is 6.54 Å². The van der Waals surface area contributed by atoms with Crippen molar-refractivity contribution in [1.29, 1.82) is 0 Å². The summed E-state index contributed by atoms with van der Waals surface area (Å²) in [5.74, 6) is 2.07. The van der Waals surface area contributed by atoms with Gasteiger partial charge >= 0.3 is 0 Å². The van der Waals surface area contributed by atoms with Crippen molar-refractivity contribution >= 4 is 0 Å². The standard InChI is InChI=1S/C15H19N3O/c1-10-3-5-12(6-4-10)13-7-14(8-13)16-9-15-17-11(2)18-19-15/h3-6,13-14,16H,7-9H2,1-2H3. The zero-order chi connectivity index (χ0) is 13.2. The number of hydrogen-bond donors (Lipinski definition) is 1. The molecule has 0 bridgehead atoms. The van der Waals surface area contributed by atoms with Crippen LogP contribution >= 0.6 is 0 Å². The highest BCUT2D eigenvalue weighted by Gasteiger charge is 2.29. The molecular formula is C15H19N3O. The minimum Gasteiger partial charge on any atom is -0.338 e. The molecule has 0 radical (unpaired) electrons. The van der Waals surface area contributed by atoms with Gasteiger partial charge in [0.2, 0.25) is 5.89 Å². The van der Waals surface area contributed by atoms with Gasteiger partial charge in [-0.15, -0.1) is 0 Å². The second-order valence-electron chi connectivity index (χ2n) is 5.39. The first kappa shape index (κ1) is 12.4. The second kappa shape index (κ2) is 5.13. The molecule has 4 heteroatoms. The maximum absolute atomic E-state index is 5.08. The van der Waals surface area contributed by atoms with Crippen LogP contribution in [0.5, 0.6) is 0 Å². The third kappa shape index (κ3) is 2.84. The molecule has 1 N–H and O–H groups in total. The summed E-state index contributed by atoms with van der Waals surface area (Å²) in [4.78, 5) is 4.19. The number of aromatic nitrogens is 2. The van der Waals surface area contributed by atoms with E-state index in [1.54, 1.807) is 0 Å². The summed E-state index contributed by atoms with van der Waals surface area (Å²) in [5, 5.41) is 7.25. The molecular weight excluding hydrogens is 238 g/mol. The average molecular weight is 257 g/mol. The fraction of sp³-hybridized carbons (Fsp3) is 0.467. The number of nitrogens with zero attached hydrogens (tertiary/aromatic N) is 2. The van der Waals surface area contributed by atoms with E-state index in [4.69, 9.17) is 4.52 Å². The van der Waals surface area contributed by atoms with Gasteiger partial charge in [0.05, 0.1) is 6.54 Å². The molecule has 19 heavy (non-hydrogen) atoms. The minimum atomic E-state index is 0.568. The van der Waals surface area contributed by atoms with Crippen LogP contribution in [0.25, 0.3) is 0 Å². The number of nitrogens with one attached hydrogen (secondary N) is 1. The van der Waals surface area contributed by atoms with Crippen LogP contribution < -0.4 is 5.32 Å². The van der Waals surface area contributed by atoms with E-state index in [-0.39, 0.29) is 0 Å². The first-order chi connectivity index (χ1) is 9.20. The van der Waals surface area contributed by atoms with E-state index in [9.17, 15) is 0 Å². The Morgan fingerprint density at radius 1 is 1.21 bits per heavy atom. The third-order valence-corrected chi connectivity index (χ3v) is 3.80. The zero-order valence-corrected chi connectivity index (χ0v) is 11.4. The van der Waals surface area contributed by atoms with Crippen molar-refractivity contribution in [3.05, 3.63) is 47.1 Å². The van der Waals surface area contributed by atoms with Crippen molar-refractivity contribution in [3.63, 3.8) is 0 Å². The predicted molar refractivity (Wildman–Crippen MR) is 72.8 cm³/mol. The van der Waals surface area contributed by atoms with Crippen LogP contribution in [0.1, 0.15) is 41.6 Å². The molecule has 1 aliphatic carbocycles. The summed E-state index contributed by atoms with van der Waals surface area (Å²) in [6, 6.07) is 9.45. The van der Waals surface area contributed by atoms with Gasteiger partial charge in [0.15, 0.2) is 5.82 Å². The van der Waals surface area contributed by atoms with Crippen LogP contribution in [0.4, 0.5) is 0 Å². The van der Waals surface area contributed by atoms with Crippen LogP contribution in [0.2, 0.25) is 0 Å². The lowest BCUT2D eigenvalue weighted by Gasteiger charge is -2.36. The third-order valence-electron chi connectivity index (χ3n) is 3.80. The fourth-order valence-electron chi connectivity index (χ4n) is 2.54. The summed E-state index contributed by atoms with van der Waals surface area (Å²) < 4.78 is 5.08. The van der Waals surface area contributed by atoms with E-state index in [1.165, 1.54) is 24.0 Å². The van der Waals surface area contributed by atoms with Gasteiger partial charge < -0.3 is 9.84 Å². The highest BCUT2D eigenvalue weighted by Crippen LogP contribution is 2.36. The molecule has 0 unspecified atom stereocenters. The minimum absolute atomic E-state index is 0.568. The molecule has 0 aliphatic heterocycles. The van der Waals surface area contributed by atoms with Gasteiger partial charge in [0.25, 0.3) is 0 Å². The predicted octanol–water partition coefficient (Wildman–Crippen LogP) is 2.72. The lowest BCUT2D eigenvalue weighted by atomic mass is 9.76. The van der Waals surface area contributed by atoms with Crippen molar-refractivity contribution in [1.82, 2.24) is 15.5 Å². The maximum Gasteiger partial charge on any atom is 0.240 e. The Hall–Kier alpha value is -1.68. The Labute approximate surface area is 113 Å². The fourth-order valence-corrected chi connectivity index (χ4v) is 2.54. The van der Waals surface area contributed by atoms with E-state index in [1.807, 2.05) is 6.92 Å². The first-order valence-electron chi connectivity index (χ1n) is 6.80. The van der Waals surface area contributed by atoms with Crippen molar-refractivity contribution in [2.75, 3.05) is 0 Å². The molecule has 1 saturated carbocycles. The van der Waals surface area contributed by atoms with Gasteiger partial charge in [0, 0.05) is 6.04 Å². The average Bonchev–Trinajstić information content (AvgIpc) is 2.75. The van der Waals surface area contributed by atoms with E-state index < -0.39 is 0 Å². The lowest BCUT2D eigenvalue weighted by molar-refractivity contribution is 0.271. The number of rotatable bonds is 4. The van der Waals surface area contributed by atoms with Gasteiger partial charge in [0.1, 0.15) is 0 Å². The smallest absolute Gasteiger partial charge is 0.240 e. The number of benzene rings is 1. The van der Waals surface area contributed by atoms with Gasteiger partial charge in [-0.3, -0.25) is 0 Å². The van der Waals surface area contributed by atoms with Crippen LogP contribution in [0.3, 0.4) is 0 Å². The molecule has 3 rings (SSSR count). The summed E-state index contributed by atoms with van der Waals surface area (Å²) >= 11 is 0. The summed E-state index contributed by atoms with van der Waals surface area (Å²) in [6.07, 6.45) is 2.38. The number of aryl methyl sites for hydroxylation is 2. The lowest BCUT2D eigenvalue weighted by Crippen LogP contribution is -2.39. The molecule has 1 fully saturated rings. The normalized spacial score (nSPS) is 22.2. The van der Waals surface area contributed by atoms with Crippen molar-refractivity contribution in [2.45, 2.75) is 45.2 Å². The molecule has 0 atom stereocenters. The topological polar surface area (TPSA) is 51.0 Å². The molecule has 1 aromatic heterocycles. The van der Waals surface area contributed by atoms with E-state index in [0.717, 1.165) is 0 Å². The molecule has 4 nitrogen and oxygen atoms in total.